The van der Waals surface area contributed by atoms with Crippen LogP contribution in [0.3, 0.4) is 0 Å². The van der Waals surface area contributed by atoms with E-state index in [0.717, 1.165) is 12.8 Å². The molecule has 0 saturated carbocycles. The van der Waals surface area contributed by atoms with Gasteiger partial charge in [0.15, 0.2) is 0 Å². The smallest absolute Gasteiger partial charge is 0.0775 e. The number of benzene rings is 4. The van der Waals surface area contributed by atoms with Gasteiger partial charge in [0, 0.05) is 5.41 Å². The van der Waals surface area contributed by atoms with Crippen molar-refractivity contribution in [2.45, 2.75) is 89.8 Å². The number of hydrogen-bond donors (Lipinski definition) is 0. The number of hydrogen-bond acceptors (Lipinski definition) is 0. The van der Waals surface area contributed by atoms with E-state index in [2.05, 4.69) is 137 Å². The predicted molar refractivity (Wildman–Crippen MR) is 183 cm³/mol. The second-order valence-electron chi connectivity index (χ2n) is 13.2. The summed E-state index contributed by atoms with van der Waals surface area (Å²) in [5, 5.41) is 1.53. The van der Waals surface area contributed by atoms with Crippen molar-refractivity contribution in [1.82, 2.24) is 0 Å². The lowest BCUT2D eigenvalue weighted by atomic mass is 9.69. The third kappa shape index (κ3) is 5.79. The summed E-state index contributed by atoms with van der Waals surface area (Å²) in [5.74, 6) is 0.594. The second kappa shape index (κ2) is 12.4. The summed E-state index contributed by atoms with van der Waals surface area (Å²) < 4.78 is 0. The van der Waals surface area contributed by atoms with Gasteiger partial charge in [-0.25, -0.2) is 0 Å². The molecule has 0 amide bonds. The Morgan fingerprint density at radius 2 is 1.39 bits per heavy atom. The Morgan fingerprint density at radius 1 is 0.732 bits per heavy atom. The van der Waals surface area contributed by atoms with Gasteiger partial charge in [0.05, 0.1) is 8.07 Å². The van der Waals surface area contributed by atoms with Crippen molar-refractivity contribution in [3.8, 4) is 22.3 Å². The van der Waals surface area contributed by atoms with Gasteiger partial charge in [-0.1, -0.05) is 149 Å². The van der Waals surface area contributed by atoms with E-state index in [1.54, 1.807) is 0 Å². The zero-order chi connectivity index (χ0) is 29.0. The molecule has 0 heterocycles. The van der Waals surface area contributed by atoms with E-state index in [1.165, 1.54) is 81.8 Å². The van der Waals surface area contributed by atoms with Crippen molar-refractivity contribution in [1.29, 1.82) is 0 Å². The van der Waals surface area contributed by atoms with Gasteiger partial charge in [-0.15, -0.1) is 6.58 Å². The normalized spacial score (nSPS) is 16.7. The molecule has 0 N–H and O–H groups in total. The van der Waals surface area contributed by atoms with Crippen LogP contribution in [-0.4, -0.2) is 8.07 Å². The van der Waals surface area contributed by atoms with Crippen molar-refractivity contribution >= 4 is 13.3 Å². The number of fused-ring (bicyclic) bond motifs is 3. The number of unbranched alkanes of at least 4 members (excludes halogenated alkanes) is 4. The monoisotopic (exact) mass is 556 g/mol. The Morgan fingerprint density at radius 3 is 2.07 bits per heavy atom. The molecule has 1 heteroatoms. The van der Waals surface area contributed by atoms with Gasteiger partial charge in [0.2, 0.25) is 0 Å². The summed E-state index contributed by atoms with van der Waals surface area (Å²) >= 11 is 0. The molecule has 4 aromatic carbocycles. The Kier molecular flexibility index (Phi) is 8.85. The maximum absolute atomic E-state index is 3.92. The third-order valence-electron chi connectivity index (χ3n) is 9.54. The SMILES string of the molecule is C=CCCCCCCC1(c2ccc([Si](C)(C)C)cc2)c2ccccc2-c2ccc(-c3ccc(C(C)CC)cc3)cc21. The third-order valence-corrected chi connectivity index (χ3v) is 11.6. The van der Waals surface area contributed by atoms with Crippen LogP contribution in [0.25, 0.3) is 22.3 Å². The highest BCUT2D eigenvalue weighted by Crippen LogP contribution is 2.55. The molecule has 0 aliphatic heterocycles. The first kappa shape index (κ1) is 29.3. The number of allylic oxidation sites excluding steroid dienone is 1. The highest BCUT2D eigenvalue weighted by molar-refractivity contribution is 6.88. The molecule has 41 heavy (non-hydrogen) atoms. The molecule has 0 fully saturated rings. The predicted octanol–water partition coefficient (Wildman–Crippen LogP) is 11.3. The fourth-order valence-corrected chi connectivity index (χ4v) is 7.97. The average Bonchev–Trinajstić information content (AvgIpc) is 3.28. The molecule has 2 unspecified atom stereocenters. The van der Waals surface area contributed by atoms with E-state index >= 15 is 0 Å². The lowest BCUT2D eigenvalue weighted by Gasteiger charge is -2.34. The minimum atomic E-state index is -1.38. The molecule has 212 valence electrons. The van der Waals surface area contributed by atoms with Crippen LogP contribution in [-0.2, 0) is 5.41 Å². The van der Waals surface area contributed by atoms with Crippen LogP contribution in [0.4, 0.5) is 0 Å². The summed E-state index contributed by atoms with van der Waals surface area (Å²) in [6, 6.07) is 35.6. The Balaban J connectivity index is 1.63. The van der Waals surface area contributed by atoms with Crippen LogP contribution in [0.1, 0.15) is 87.0 Å². The summed E-state index contributed by atoms with van der Waals surface area (Å²) in [5.41, 5.74) is 11.1. The lowest BCUT2D eigenvalue weighted by molar-refractivity contribution is 0.512. The molecule has 0 radical (unpaired) electrons. The second-order valence-corrected chi connectivity index (χ2v) is 18.3. The summed E-state index contributed by atoms with van der Waals surface area (Å²) in [4.78, 5) is 0. The fraction of sp³-hybridized carbons (Fsp3) is 0.350. The molecule has 5 rings (SSSR count). The van der Waals surface area contributed by atoms with Crippen LogP contribution >= 0.6 is 0 Å². The molecule has 1 aliphatic rings. The average molecular weight is 557 g/mol. The first-order valence-electron chi connectivity index (χ1n) is 15.9. The Labute approximate surface area is 250 Å². The minimum Gasteiger partial charge on any atom is -0.103 e. The number of rotatable bonds is 12. The lowest BCUT2D eigenvalue weighted by Crippen LogP contribution is -2.38. The van der Waals surface area contributed by atoms with Gasteiger partial charge in [0.1, 0.15) is 0 Å². The van der Waals surface area contributed by atoms with Gasteiger partial charge in [-0.2, -0.15) is 0 Å². The van der Waals surface area contributed by atoms with E-state index in [0.29, 0.717) is 5.92 Å². The molecule has 0 saturated heterocycles. The van der Waals surface area contributed by atoms with Crippen LogP contribution < -0.4 is 5.19 Å². The van der Waals surface area contributed by atoms with Crippen molar-refractivity contribution < 1.29 is 0 Å². The van der Waals surface area contributed by atoms with Gasteiger partial charge in [0.25, 0.3) is 0 Å². The van der Waals surface area contributed by atoms with E-state index < -0.39 is 8.07 Å². The van der Waals surface area contributed by atoms with Crippen LogP contribution in [0.15, 0.2) is 104 Å². The maximum atomic E-state index is 3.92. The first-order valence-corrected chi connectivity index (χ1v) is 19.4. The first-order chi connectivity index (χ1) is 19.8. The van der Waals surface area contributed by atoms with Crippen molar-refractivity contribution in [3.05, 3.63) is 126 Å². The Hall–Kier alpha value is -3.16. The van der Waals surface area contributed by atoms with Crippen molar-refractivity contribution in [2.75, 3.05) is 0 Å². The maximum Gasteiger partial charge on any atom is 0.0775 e. The molecular formula is C40H48Si. The molecule has 4 aromatic rings. The Bertz CT molecular complexity index is 1470. The van der Waals surface area contributed by atoms with Crippen LogP contribution in [0, 0.1) is 0 Å². The zero-order valence-electron chi connectivity index (χ0n) is 26.0. The molecule has 0 bridgehead atoms. The zero-order valence-corrected chi connectivity index (χ0v) is 27.0. The van der Waals surface area contributed by atoms with Crippen LogP contribution in [0.2, 0.25) is 19.6 Å². The van der Waals surface area contributed by atoms with Gasteiger partial charge in [-0.3, -0.25) is 0 Å². The van der Waals surface area contributed by atoms with Gasteiger partial charge in [-0.05, 0) is 82.2 Å². The summed E-state index contributed by atoms with van der Waals surface area (Å²) in [6.07, 6.45) is 10.5. The molecular weight excluding hydrogens is 509 g/mol. The topological polar surface area (TPSA) is 0 Å². The van der Waals surface area contributed by atoms with Crippen molar-refractivity contribution in [2.24, 2.45) is 0 Å². The highest BCUT2D eigenvalue weighted by Gasteiger charge is 2.44. The standard InChI is InChI=1S/C40H48Si/c1-7-9-10-11-12-15-28-40(34-23-25-35(26-24-34)41(4,5)6)38-17-14-13-16-36(38)37-27-22-33(29-39(37)40)32-20-18-31(19-21-32)30(3)8-2/h7,13-14,16-27,29-30H,1,8-12,15,28H2,2-6H3. The van der Waals surface area contributed by atoms with Gasteiger partial charge >= 0.3 is 0 Å². The van der Waals surface area contributed by atoms with Gasteiger partial charge < -0.3 is 0 Å². The molecule has 0 aromatic heterocycles. The fourth-order valence-electron chi connectivity index (χ4n) is 6.80. The quantitative estimate of drug-likeness (QED) is 0.0924. The summed E-state index contributed by atoms with van der Waals surface area (Å²) in [6.45, 7) is 15.8. The van der Waals surface area contributed by atoms with E-state index in [4.69, 9.17) is 0 Å². The molecule has 0 nitrogen and oxygen atoms in total. The minimum absolute atomic E-state index is 0.130. The largest absolute Gasteiger partial charge is 0.103 e. The molecule has 0 spiro atoms. The van der Waals surface area contributed by atoms with Crippen molar-refractivity contribution in [3.63, 3.8) is 0 Å². The van der Waals surface area contributed by atoms with E-state index in [9.17, 15) is 0 Å². The van der Waals surface area contributed by atoms with E-state index in [1.807, 2.05) is 0 Å². The van der Waals surface area contributed by atoms with E-state index in [-0.39, 0.29) is 5.41 Å². The molecule has 1 aliphatic carbocycles. The highest BCUT2D eigenvalue weighted by atomic mass is 28.3. The summed E-state index contributed by atoms with van der Waals surface area (Å²) in [7, 11) is -1.38. The molecule has 2 atom stereocenters. The van der Waals surface area contributed by atoms with Crippen LogP contribution in [0.5, 0.6) is 0 Å².